The molecule has 4 saturated heterocycles. The molecule has 12 heteroatoms. The molecule has 318 valence electrons. The first-order valence-electron chi connectivity index (χ1n) is 20.5. The average Bonchev–Trinajstić information content (AvgIpc) is 2.86. The van der Waals surface area contributed by atoms with E-state index >= 15 is 0 Å². The molecule has 1 unspecified atom stereocenters. The first-order valence-corrected chi connectivity index (χ1v) is 20.5. The van der Waals surface area contributed by atoms with Crippen LogP contribution in [0.1, 0.15) is 169 Å². The molecule has 0 radical (unpaired) electrons. The van der Waals surface area contributed by atoms with Gasteiger partial charge in [0.2, 0.25) is 0 Å². The fourth-order valence-corrected chi connectivity index (χ4v) is 10.7. The number of hydrogen-bond donors (Lipinski definition) is 4. The minimum atomic E-state index is -1.41. The summed E-state index contributed by atoms with van der Waals surface area (Å²) < 4.78 is 23.1. The topological polar surface area (TPSA) is 153 Å². The van der Waals surface area contributed by atoms with Crippen molar-refractivity contribution in [3.05, 3.63) is 0 Å². The monoisotopic (exact) mass is 779 g/mol. The van der Waals surface area contributed by atoms with Crippen LogP contribution < -0.4 is 21.3 Å². The highest BCUT2D eigenvalue weighted by Crippen LogP contribution is 2.36. The number of esters is 3. The van der Waals surface area contributed by atoms with Gasteiger partial charge in [0, 0.05) is 95.7 Å². The zero-order valence-corrected chi connectivity index (χ0v) is 37.5. The average molecular weight is 779 g/mol. The van der Waals surface area contributed by atoms with Crippen molar-refractivity contribution in [1.82, 2.24) is 21.3 Å². The Kier molecular flexibility index (Phi) is 14.2. The van der Waals surface area contributed by atoms with Crippen LogP contribution >= 0.6 is 0 Å². The second-order valence-electron chi connectivity index (χ2n) is 22.5. The van der Waals surface area contributed by atoms with Crippen molar-refractivity contribution in [2.45, 2.75) is 238 Å². The van der Waals surface area contributed by atoms with E-state index in [0.717, 1.165) is 12.8 Å². The molecule has 4 rings (SSSR count). The van der Waals surface area contributed by atoms with Crippen molar-refractivity contribution >= 4 is 24.4 Å². The molecule has 0 aromatic heterocycles. The Bertz CT molecular complexity index is 1270. The van der Waals surface area contributed by atoms with Crippen LogP contribution in [0.15, 0.2) is 0 Å². The lowest BCUT2D eigenvalue weighted by molar-refractivity contribution is -0.181. The van der Waals surface area contributed by atoms with Crippen molar-refractivity contribution in [3.63, 3.8) is 0 Å². The molecule has 4 fully saturated rings. The zero-order valence-electron chi connectivity index (χ0n) is 37.5. The van der Waals surface area contributed by atoms with E-state index in [2.05, 4.69) is 132 Å². The maximum Gasteiger partial charge on any atom is 0.321 e. The third-order valence-electron chi connectivity index (χ3n) is 11.1. The van der Waals surface area contributed by atoms with E-state index in [1.165, 1.54) is 0 Å². The molecule has 4 aliphatic rings. The lowest BCUT2D eigenvalue weighted by Gasteiger charge is -2.47. The summed E-state index contributed by atoms with van der Waals surface area (Å²) in [5.74, 6) is -4.49. The first kappa shape index (κ1) is 47.1. The van der Waals surface area contributed by atoms with Gasteiger partial charge in [-0.15, -0.1) is 0 Å². The van der Waals surface area contributed by atoms with Crippen LogP contribution in [0.25, 0.3) is 0 Å². The fraction of sp³-hybridized carbons (Fsp3) is 0.907. The van der Waals surface area contributed by atoms with Gasteiger partial charge in [0.05, 0.1) is 5.92 Å². The summed E-state index contributed by atoms with van der Waals surface area (Å²) in [4.78, 5) is 51.5. The number of nitrogens with one attached hydrogen (secondary N) is 4. The summed E-state index contributed by atoms with van der Waals surface area (Å²) in [7, 11) is 0. The van der Waals surface area contributed by atoms with E-state index in [1.807, 2.05) is 0 Å². The van der Waals surface area contributed by atoms with Gasteiger partial charge < -0.3 is 40.2 Å². The Morgan fingerprint density at radius 3 is 0.891 bits per heavy atom. The van der Waals surface area contributed by atoms with Gasteiger partial charge in [-0.2, -0.15) is 0 Å². The predicted molar refractivity (Wildman–Crippen MR) is 215 cm³/mol. The minimum absolute atomic E-state index is 0.0510. The maximum absolute atomic E-state index is 13.8. The highest BCUT2D eigenvalue weighted by molar-refractivity contribution is 5.99. The number of piperidine rings is 4. The molecule has 12 nitrogen and oxygen atoms in total. The standard InChI is InChI=1S/C33H59N3O6.C10H19NO2/c1-20(25(37)40-21-14-28(2,3)34-29(4,5)15-21)24(26(38)41-22-16-30(6,7)35-31(8,9)17-22)27(39)42-23-18-32(10,11)36-33(12,13)19-23;1-9(2)5-8(13-7-12)6-10(3,4)11-9/h20-24,34-36H,14-19H2,1-13H3;7-8,11H,5-6H2,1-4H3. The minimum Gasteiger partial charge on any atom is -0.464 e. The van der Waals surface area contributed by atoms with Crippen molar-refractivity contribution in [3.8, 4) is 0 Å². The molecule has 0 aromatic carbocycles. The molecule has 55 heavy (non-hydrogen) atoms. The van der Waals surface area contributed by atoms with Crippen LogP contribution in [0.5, 0.6) is 0 Å². The van der Waals surface area contributed by atoms with Crippen LogP contribution in [-0.4, -0.2) is 93.1 Å². The van der Waals surface area contributed by atoms with Gasteiger partial charge in [-0.3, -0.25) is 19.2 Å². The van der Waals surface area contributed by atoms with Crippen molar-refractivity contribution in [2.24, 2.45) is 11.8 Å². The zero-order chi connectivity index (χ0) is 42.2. The van der Waals surface area contributed by atoms with Crippen molar-refractivity contribution in [2.75, 3.05) is 0 Å². The first-order chi connectivity index (χ1) is 24.6. The van der Waals surface area contributed by atoms with Crippen molar-refractivity contribution < 1.29 is 38.1 Å². The molecule has 0 amide bonds. The van der Waals surface area contributed by atoms with Gasteiger partial charge in [-0.25, -0.2) is 0 Å². The van der Waals surface area contributed by atoms with E-state index in [0.29, 0.717) is 45.0 Å². The summed E-state index contributed by atoms with van der Waals surface area (Å²) in [6, 6.07) is 0. The summed E-state index contributed by atoms with van der Waals surface area (Å²) in [6.45, 7) is 35.6. The summed E-state index contributed by atoms with van der Waals surface area (Å²) in [5, 5.41) is 14.3. The third-order valence-corrected chi connectivity index (χ3v) is 11.1. The van der Waals surface area contributed by atoms with E-state index in [1.54, 1.807) is 6.92 Å². The van der Waals surface area contributed by atoms with Crippen LogP contribution in [0.2, 0.25) is 0 Å². The molecule has 0 bridgehead atoms. The summed E-state index contributed by atoms with van der Waals surface area (Å²) in [6.07, 6.45) is 4.34. The van der Waals surface area contributed by atoms with Crippen LogP contribution in [0.4, 0.5) is 0 Å². The Hall–Kier alpha value is -2.28. The van der Waals surface area contributed by atoms with E-state index < -0.39 is 42.0 Å². The number of hydrogen-bond acceptors (Lipinski definition) is 12. The quantitative estimate of drug-likeness (QED) is 0.0904. The third kappa shape index (κ3) is 14.9. The Morgan fingerprint density at radius 2 is 0.655 bits per heavy atom. The summed E-state index contributed by atoms with van der Waals surface area (Å²) in [5.41, 5.74) is -1.37. The number of rotatable bonds is 9. The smallest absolute Gasteiger partial charge is 0.321 e. The molecular formula is C43H78N4O8. The van der Waals surface area contributed by atoms with Gasteiger partial charge in [-0.05, 0) is 111 Å². The Morgan fingerprint density at radius 1 is 0.436 bits per heavy atom. The molecule has 4 aliphatic heterocycles. The lowest BCUT2D eigenvalue weighted by atomic mass is 9.80. The van der Waals surface area contributed by atoms with E-state index in [9.17, 15) is 19.2 Å². The molecular weight excluding hydrogens is 700 g/mol. The molecule has 0 aromatic rings. The normalized spacial score (nSPS) is 27.4. The number of ether oxygens (including phenoxy) is 4. The number of carbonyl (C=O) groups is 4. The van der Waals surface area contributed by atoms with Crippen molar-refractivity contribution in [1.29, 1.82) is 0 Å². The van der Waals surface area contributed by atoms with Crippen LogP contribution in [0.3, 0.4) is 0 Å². The number of carbonyl (C=O) groups excluding carboxylic acids is 4. The fourth-order valence-electron chi connectivity index (χ4n) is 10.7. The van der Waals surface area contributed by atoms with Gasteiger partial charge in [-0.1, -0.05) is 6.92 Å². The molecule has 1 atom stereocenters. The highest BCUT2D eigenvalue weighted by Gasteiger charge is 2.48. The van der Waals surface area contributed by atoms with Gasteiger partial charge >= 0.3 is 17.9 Å². The maximum atomic E-state index is 13.8. The van der Waals surface area contributed by atoms with Gasteiger partial charge in [0.25, 0.3) is 6.47 Å². The SMILES string of the molecule is CC(C(=O)OC1CC(C)(C)NC(C)(C)C1)C(C(=O)OC1CC(C)(C)NC(C)(C)C1)C(=O)OC1CC(C)(C)NC(C)(C)C1.CC1(C)CC(OC=O)CC(C)(C)N1. The molecule has 0 aliphatic carbocycles. The molecule has 0 spiro atoms. The highest BCUT2D eigenvalue weighted by atomic mass is 16.6. The molecule has 4 N–H and O–H groups in total. The summed E-state index contributed by atoms with van der Waals surface area (Å²) >= 11 is 0. The van der Waals surface area contributed by atoms with Crippen LogP contribution in [0, 0.1) is 11.8 Å². The molecule has 4 heterocycles. The van der Waals surface area contributed by atoms with E-state index in [4.69, 9.17) is 18.9 Å². The van der Waals surface area contributed by atoms with Gasteiger partial charge in [0.1, 0.15) is 24.4 Å². The van der Waals surface area contributed by atoms with Gasteiger partial charge in [0.15, 0.2) is 5.92 Å². The Balaban J connectivity index is 0.000000526. The Labute approximate surface area is 332 Å². The van der Waals surface area contributed by atoms with E-state index in [-0.39, 0.29) is 56.5 Å². The second kappa shape index (κ2) is 16.5. The van der Waals surface area contributed by atoms with Crippen LogP contribution in [-0.2, 0) is 38.1 Å². The largest absolute Gasteiger partial charge is 0.464 e. The second-order valence-corrected chi connectivity index (χ2v) is 22.5. The predicted octanol–water partition coefficient (Wildman–Crippen LogP) is 6.26. The lowest BCUT2D eigenvalue weighted by Crippen LogP contribution is -2.60. The molecule has 0 saturated carbocycles.